The average Bonchev–Trinajstić information content (AvgIpc) is 2.98. The summed E-state index contributed by atoms with van der Waals surface area (Å²) in [7, 11) is 0. The lowest BCUT2D eigenvalue weighted by Gasteiger charge is -2.23. The van der Waals surface area contributed by atoms with Crippen LogP contribution in [0.1, 0.15) is 0 Å². The van der Waals surface area contributed by atoms with Crippen molar-refractivity contribution in [3.8, 4) is 6.19 Å². The molecule has 0 aliphatic rings. The van der Waals surface area contributed by atoms with E-state index in [-0.39, 0.29) is 0 Å². The SMILES string of the molecule is N#Cn1nncc1N(c1ccccc1)c1ccccc1. The minimum Gasteiger partial charge on any atom is -0.293 e. The van der Waals surface area contributed by atoms with Gasteiger partial charge in [0, 0.05) is 11.4 Å². The van der Waals surface area contributed by atoms with E-state index in [1.54, 1.807) is 6.20 Å². The van der Waals surface area contributed by atoms with Crippen LogP contribution in [0.15, 0.2) is 66.9 Å². The van der Waals surface area contributed by atoms with E-state index in [9.17, 15) is 0 Å². The fraction of sp³-hybridized carbons (Fsp3) is 0. The molecular weight excluding hydrogens is 250 g/mol. The van der Waals surface area contributed by atoms with Gasteiger partial charge in [-0.05, 0) is 24.3 Å². The van der Waals surface area contributed by atoms with Crippen molar-refractivity contribution in [2.75, 3.05) is 4.90 Å². The number of hydrogen-bond acceptors (Lipinski definition) is 4. The number of para-hydroxylation sites is 2. The van der Waals surface area contributed by atoms with E-state index in [0.29, 0.717) is 5.82 Å². The third-order valence-electron chi connectivity index (χ3n) is 2.88. The van der Waals surface area contributed by atoms with E-state index in [0.717, 1.165) is 11.4 Å². The zero-order valence-corrected chi connectivity index (χ0v) is 10.6. The molecule has 96 valence electrons. The second kappa shape index (κ2) is 5.24. The summed E-state index contributed by atoms with van der Waals surface area (Å²) >= 11 is 0. The quantitative estimate of drug-likeness (QED) is 0.727. The molecule has 0 unspecified atom stereocenters. The van der Waals surface area contributed by atoms with E-state index in [1.807, 2.05) is 71.8 Å². The van der Waals surface area contributed by atoms with Crippen molar-refractivity contribution in [3.05, 3.63) is 66.9 Å². The summed E-state index contributed by atoms with van der Waals surface area (Å²) in [4.78, 5) is 1.93. The molecule has 1 heterocycles. The third kappa shape index (κ3) is 2.10. The van der Waals surface area contributed by atoms with Gasteiger partial charge in [0.2, 0.25) is 6.19 Å². The molecule has 3 aromatic rings. The van der Waals surface area contributed by atoms with Crippen LogP contribution in [0.5, 0.6) is 0 Å². The first-order chi connectivity index (χ1) is 9.90. The predicted molar refractivity (Wildman–Crippen MR) is 75.7 cm³/mol. The smallest absolute Gasteiger partial charge is 0.209 e. The summed E-state index contributed by atoms with van der Waals surface area (Å²) in [5.74, 6) is 0.602. The highest BCUT2D eigenvalue weighted by Gasteiger charge is 2.16. The number of aromatic nitrogens is 3. The Morgan fingerprint density at radius 1 is 0.900 bits per heavy atom. The fourth-order valence-electron chi connectivity index (χ4n) is 2.02. The third-order valence-corrected chi connectivity index (χ3v) is 2.88. The Morgan fingerprint density at radius 3 is 1.95 bits per heavy atom. The molecular formula is C15H11N5. The van der Waals surface area contributed by atoms with Crippen LogP contribution < -0.4 is 4.90 Å². The van der Waals surface area contributed by atoms with Gasteiger partial charge in [-0.2, -0.15) is 5.26 Å². The Labute approximate surface area is 116 Å². The van der Waals surface area contributed by atoms with E-state index < -0.39 is 0 Å². The van der Waals surface area contributed by atoms with Crippen LogP contribution in [-0.2, 0) is 0 Å². The zero-order valence-electron chi connectivity index (χ0n) is 10.6. The summed E-state index contributed by atoms with van der Waals surface area (Å²) in [6.45, 7) is 0. The van der Waals surface area contributed by atoms with Crippen LogP contribution in [0, 0.1) is 11.5 Å². The van der Waals surface area contributed by atoms with Crippen molar-refractivity contribution in [2.45, 2.75) is 0 Å². The maximum Gasteiger partial charge on any atom is 0.209 e. The second-order valence-electron chi connectivity index (χ2n) is 4.11. The lowest BCUT2D eigenvalue weighted by molar-refractivity contribution is 0.813. The first-order valence-corrected chi connectivity index (χ1v) is 6.11. The summed E-state index contributed by atoms with van der Waals surface area (Å²) in [5, 5.41) is 16.7. The number of nitrogens with zero attached hydrogens (tertiary/aromatic N) is 5. The van der Waals surface area contributed by atoms with Crippen molar-refractivity contribution in [2.24, 2.45) is 0 Å². The zero-order chi connectivity index (χ0) is 13.8. The van der Waals surface area contributed by atoms with E-state index in [2.05, 4.69) is 10.3 Å². The van der Waals surface area contributed by atoms with Crippen LogP contribution >= 0.6 is 0 Å². The summed E-state index contributed by atoms with van der Waals surface area (Å²) in [5.41, 5.74) is 1.88. The molecule has 0 aliphatic heterocycles. The number of nitriles is 1. The van der Waals surface area contributed by atoms with Crippen LogP contribution in [0.3, 0.4) is 0 Å². The Kier molecular flexibility index (Phi) is 3.13. The monoisotopic (exact) mass is 261 g/mol. The molecule has 5 nitrogen and oxygen atoms in total. The lowest BCUT2D eigenvalue weighted by Crippen LogP contribution is -2.13. The summed E-state index contributed by atoms with van der Waals surface area (Å²) in [6.07, 6.45) is 3.57. The molecule has 5 heteroatoms. The van der Waals surface area contributed by atoms with Crippen molar-refractivity contribution in [1.82, 2.24) is 15.0 Å². The molecule has 0 N–H and O–H groups in total. The molecule has 1 aromatic heterocycles. The van der Waals surface area contributed by atoms with E-state index in [4.69, 9.17) is 5.26 Å². The molecule has 0 spiro atoms. The van der Waals surface area contributed by atoms with Crippen LogP contribution in [-0.4, -0.2) is 15.0 Å². The van der Waals surface area contributed by atoms with Crippen LogP contribution in [0.25, 0.3) is 0 Å². The molecule has 0 atom stereocenters. The maximum absolute atomic E-state index is 9.13. The molecule has 0 aliphatic carbocycles. The van der Waals surface area contributed by atoms with Gasteiger partial charge in [-0.25, -0.2) is 0 Å². The van der Waals surface area contributed by atoms with Gasteiger partial charge in [0.05, 0.1) is 6.20 Å². The highest BCUT2D eigenvalue weighted by atomic mass is 15.5. The molecule has 0 radical (unpaired) electrons. The molecule has 2 aromatic carbocycles. The Bertz CT molecular complexity index is 688. The van der Waals surface area contributed by atoms with Crippen LogP contribution in [0.4, 0.5) is 17.2 Å². The largest absolute Gasteiger partial charge is 0.293 e. The standard InChI is InChI=1S/C15H11N5/c16-12-19-15(11-17-18-19)20(13-7-3-1-4-8-13)14-9-5-2-6-10-14/h1-11H. The second-order valence-corrected chi connectivity index (χ2v) is 4.11. The number of rotatable bonds is 3. The summed E-state index contributed by atoms with van der Waals surface area (Å²) in [6, 6.07) is 19.6. The number of anilines is 3. The van der Waals surface area contributed by atoms with Crippen molar-refractivity contribution >= 4 is 17.2 Å². The molecule has 0 bridgehead atoms. The topological polar surface area (TPSA) is 57.7 Å². The van der Waals surface area contributed by atoms with Gasteiger partial charge in [-0.15, -0.1) is 9.78 Å². The van der Waals surface area contributed by atoms with Crippen LogP contribution in [0.2, 0.25) is 0 Å². The van der Waals surface area contributed by atoms with Crippen molar-refractivity contribution in [1.29, 1.82) is 5.26 Å². The van der Waals surface area contributed by atoms with Crippen molar-refractivity contribution < 1.29 is 0 Å². The molecule has 0 amide bonds. The Morgan fingerprint density at radius 2 is 1.45 bits per heavy atom. The molecule has 0 saturated heterocycles. The molecule has 3 rings (SSSR count). The highest BCUT2D eigenvalue weighted by molar-refractivity contribution is 5.74. The maximum atomic E-state index is 9.13. The Hall–Kier alpha value is -3.13. The van der Waals surface area contributed by atoms with Gasteiger partial charge in [-0.3, -0.25) is 4.90 Å². The normalized spacial score (nSPS) is 9.95. The fourth-order valence-corrected chi connectivity index (χ4v) is 2.02. The van der Waals surface area contributed by atoms with Gasteiger partial charge >= 0.3 is 0 Å². The molecule has 0 fully saturated rings. The molecule has 20 heavy (non-hydrogen) atoms. The minimum atomic E-state index is 0.602. The lowest BCUT2D eigenvalue weighted by atomic mass is 10.2. The average molecular weight is 261 g/mol. The highest BCUT2D eigenvalue weighted by Crippen LogP contribution is 2.32. The van der Waals surface area contributed by atoms with Gasteiger partial charge < -0.3 is 0 Å². The van der Waals surface area contributed by atoms with Gasteiger partial charge in [0.15, 0.2) is 5.82 Å². The molecule has 0 saturated carbocycles. The van der Waals surface area contributed by atoms with Gasteiger partial charge in [0.25, 0.3) is 0 Å². The Balaban J connectivity index is 2.17. The first-order valence-electron chi connectivity index (χ1n) is 6.11. The predicted octanol–water partition coefficient (Wildman–Crippen LogP) is 3.08. The van der Waals surface area contributed by atoms with Gasteiger partial charge in [-0.1, -0.05) is 41.6 Å². The first kappa shape index (κ1) is 11.9. The minimum absolute atomic E-state index is 0.602. The van der Waals surface area contributed by atoms with Gasteiger partial charge in [0.1, 0.15) is 0 Å². The van der Waals surface area contributed by atoms with E-state index >= 15 is 0 Å². The van der Waals surface area contributed by atoms with Crippen molar-refractivity contribution in [3.63, 3.8) is 0 Å². The summed E-state index contributed by atoms with van der Waals surface area (Å²) < 4.78 is 1.19. The number of benzene rings is 2. The number of hydrogen-bond donors (Lipinski definition) is 0. The van der Waals surface area contributed by atoms with E-state index in [1.165, 1.54) is 4.68 Å².